The third-order valence-corrected chi connectivity index (χ3v) is 9.47. The molecule has 4 rings (SSSR count). The van der Waals surface area contributed by atoms with Gasteiger partial charge < -0.3 is 15.0 Å². The molecule has 9 heteroatoms. The van der Waals surface area contributed by atoms with Gasteiger partial charge in [0.2, 0.25) is 11.8 Å². The summed E-state index contributed by atoms with van der Waals surface area (Å²) in [7, 11) is -2.58. The minimum Gasteiger partial charge on any atom is -0.497 e. The molecule has 0 bridgehead atoms. The van der Waals surface area contributed by atoms with E-state index in [1.54, 1.807) is 43.5 Å². The maximum atomic E-state index is 14.6. The fraction of sp³-hybridized carbons (Fsp3) is 0.297. The van der Waals surface area contributed by atoms with Crippen LogP contribution in [0.4, 0.5) is 5.69 Å². The van der Waals surface area contributed by atoms with E-state index in [0.717, 1.165) is 27.4 Å². The Hall–Kier alpha value is -4.63. The van der Waals surface area contributed by atoms with Gasteiger partial charge in [-0.25, -0.2) is 8.42 Å². The molecule has 0 radical (unpaired) electrons. The minimum atomic E-state index is -4.15. The lowest BCUT2D eigenvalue weighted by Crippen LogP contribution is -2.53. The molecule has 0 saturated heterocycles. The summed E-state index contributed by atoms with van der Waals surface area (Å²) in [5.74, 6) is -0.0133. The number of nitrogens with one attached hydrogen (secondary N) is 1. The molecule has 0 heterocycles. The monoisotopic (exact) mass is 641 g/mol. The number of nitrogens with zero attached hydrogens (tertiary/aromatic N) is 2. The van der Waals surface area contributed by atoms with E-state index in [2.05, 4.69) is 5.32 Å². The zero-order valence-electron chi connectivity index (χ0n) is 26.9. The van der Waals surface area contributed by atoms with E-state index in [9.17, 15) is 18.0 Å². The van der Waals surface area contributed by atoms with Crippen molar-refractivity contribution >= 4 is 27.5 Å². The Morgan fingerprint density at radius 3 is 2.04 bits per heavy atom. The largest absolute Gasteiger partial charge is 0.497 e. The van der Waals surface area contributed by atoms with Gasteiger partial charge in [-0.1, -0.05) is 93.6 Å². The number of hydrogen-bond acceptors (Lipinski definition) is 5. The number of hydrogen-bond donors (Lipinski definition) is 1. The molecular weight excluding hydrogens is 598 g/mol. The van der Waals surface area contributed by atoms with Crippen molar-refractivity contribution in [3.63, 3.8) is 0 Å². The highest BCUT2D eigenvalue weighted by Crippen LogP contribution is 2.26. The number of methoxy groups -OCH3 is 1. The molecule has 2 amide bonds. The number of rotatable bonds is 15. The predicted molar refractivity (Wildman–Crippen MR) is 182 cm³/mol. The van der Waals surface area contributed by atoms with Crippen LogP contribution in [0.1, 0.15) is 37.5 Å². The fourth-order valence-corrected chi connectivity index (χ4v) is 6.53. The van der Waals surface area contributed by atoms with Crippen molar-refractivity contribution in [1.82, 2.24) is 10.2 Å². The number of anilines is 1. The van der Waals surface area contributed by atoms with Gasteiger partial charge in [0, 0.05) is 19.5 Å². The molecule has 46 heavy (non-hydrogen) atoms. The highest BCUT2D eigenvalue weighted by Gasteiger charge is 2.34. The second kappa shape index (κ2) is 16.1. The van der Waals surface area contributed by atoms with Gasteiger partial charge in [0.25, 0.3) is 10.0 Å². The molecule has 8 nitrogen and oxygen atoms in total. The fourth-order valence-electron chi connectivity index (χ4n) is 5.09. The van der Waals surface area contributed by atoms with Gasteiger partial charge in [-0.2, -0.15) is 0 Å². The number of sulfonamides is 1. The summed E-state index contributed by atoms with van der Waals surface area (Å²) in [6.45, 7) is 6.02. The summed E-state index contributed by atoms with van der Waals surface area (Å²) in [5.41, 5.74) is 3.02. The molecule has 0 saturated carbocycles. The van der Waals surface area contributed by atoms with Crippen LogP contribution < -0.4 is 14.4 Å². The van der Waals surface area contributed by atoms with Crippen molar-refractivity contribution in [2.75, 3.05) is 24.5 Å². The molecule has 4 aromatic rings. The SMILES string of the molecule is CCc1ccc(N(CC(=O)N(Cc2cccc(OC)c2)[C@H](Cc2ccccc2)C(=O)NCC(C)C)S(=O)(=O)c2ccccc2)cc1. The topological polar surface area (TPSA) is 96.0 Å². The lowest BCUT2D eigenvalue weighted by Gasteiger charge is -2.34. The predicted octanol–water partition coefficient (Wildman–Crippen LogP) is 5.87. The molecule has 242 valence electrons. The maximum Gasteiger partial charge on any atom is 0.264 e. The third-order valence-electron chi connectivity index (χ3n) is 7.69. The van der Waals surface area contributed by atoms with E-state index >= 15 is 0 Å². The Bertz CT molecular complexity index is 1680. The minimum absolute atomic E-state index is 0.0661. The van der Waals surface area contributed by atoms with Crippen LogP contribution in [0, 0.1) is 5.92 Å². The molecule has 0 aliphatic heterocycles. The zero-order chi connectivity index (χ0) is 33.1. The Labute approximate surface area is 273 Å². The average molecular weight is 642 g/mol. The number of carbonyl (C=O) groups is 2. The highest BCUT2D eigenvalue weighted by atomic mass is 32.2. The summed E-state index contributed by atoms with van der Waals surface area (Å²) in [6.07, 6.45) is 1.03. The van der Waals surface area contributed by atoms with Gasteiger partial charge >= 0.3 is 0 Å². The van der Waals surface area contributed by atoms with Gasteiger partial charge in [0.05, 0.1) is 17.7 Å². The van der Waals surface area contributed by atoms with Crippen molar-refractivity contribution in [2.24, 2.45) is 5.92 Å². The molecule has 0 fully saturated rings. The second-order valence-electron chi connectivity index (χ2n) is 11.6. The van der Waals surface area contributed by atoms with Crippen LogP contribution in [-0.4, -0.2) is 51.4 Å². The van der Waals surface area contributed by atoms with Crippen LogP contribution >= 0.6 is 0 Å². The van der Waals surface area contributed by atoms with E-state index in [1.807, 2.05) is 81.4 Å². The van der Waals surface area contributed by atoms with Crippen LogP contribution in [0.3, 0.4) is 0 Å². The van der Waals surface area contributed by atoms with E-state index in [1.165, 1.54) is 17.0 Å². The number of aryl methyl sites for hydroxylation is 1. The maximum absolute atomic E-state index is 14.6. The van der Waals surface area contributed by atoms with Gasteiger partial charge in [-0.05, 0) is 65.4 Å². The first kappa shape index (κ1) is 34.2. The highest BCUT2D eigenvalue weighted by molar-refractivity contribution is 7.92. The molecule has 0 unspecified atom stereocenters. The summed E-state index contributed by atoms with van der Waals surface area (Å²) in [6, 6.07) is 31.1. The van der Waals surface area contributed by atoms with Crippen LogP contribution in [0.2, 0.25) is 0 Å². The molecule has 1 atom stereocenters. The summed E-state index contributed by atoms with van der Waals surface area (Å²) in [5, 5.41) is 3.01. The smallest absolute Gasteiger partial charge is 0.264 e. The van der Waals surface area contributed by atoms with Crippen molar-refractivity contribution < 1.29 is 22.7 Å². The number of ether oxygens (including phenoxy) is 1. The Morgan fingerprint density at radius 2 is 1.43 bits per heavy atom. The summed E-state index contributed by atoms with van der Waals surface area (Å²) >= 11 is 0. The second-order valence-corrected chi connectivity index (χ2v) is 13.4. The summed E-state index contributed by atoms with van der Waals surface area (Å²) in [4.78, 5) is 30.0. The first-order valence-corrected chi connectivity index (χ1v) is 17.0. The number of benzene rings is 4. The van der Waals surface area contributed by atoms with Crippen LogP contribution in [0.25, 0.3) is 0 Å². The van der Waals surface area contributed by atoms with Gasteiger partial charge in [0.15, 0.2) is 0 Å². The van der Waals surface area contributed by atoms with E-state index in [4.69, 9.17) is 4.74 Å². The molecule has 0 aromatic heterocycles. The molecular formula is C37H43N3O5S. The molecule has 4 aromatic carbocycles. The lowest BCUT2D eigenvalue weighted by molar-refractivity contribution is -0.140. The van der Waals surface area contributed by atoms with Gasteiger partial charge in [-0.3, -0.25) is 13.9 Å². The van der Waals surface area contributed by atoms with Crippen LogP contribution in [0.15, 0.2) is 114 Å². The summed E-state index contributed by atoms with van der Waals surface area (Å²) < 4.78 is 34.8. The van der Waals surface area contributed by atoms with Crippen molar-refractivity contribution in [2.45, 2.75) is 51.1 Å². The standard InChI is InChI=1S/C37H43N3O5S/c1-5-29-19-21-32(22-20-29)40(46(43,44)34-17-10-7-11-18-34)27-36(41)39(26-31-15-12-16-33(23-31)45-4)35(37(42)38-25-28(2)3)24-30-13-8-6-9-14-30/h6-23,28,35H,5,24-27H2,1-4H3,(H,38,42)/t35-/m1/s1. The lowest BCUT2D eigenvalue weighted by atomic mass is 10.0. The van der Waals surface area contributed by atoms with E-state index in [0.29, 0.717) is 18.0 Å². The van der Waals surface area contributed by atoms with E-state index in [-0.39, 0.29) is 29.7 Å². The van der Waals surface area contributed by atoms with Crippen molar-refractivity contribution in [1.29, 1.82) is 0 Å². The first-order chi connectivity index (χ1) is 22.1. The third kappa shape index (κ3) is 8.97. The Morgan fingerprint density at radius 1 is 0.804 bits per heavy atom. The number of carbonyl (C=O) groups excluding carboxylic acids is 2. The molecule has 0 aliphatic rings. The molecule has 1 N–H and O–H groups in total. The zero-order valence-corrected chi connectivity index (χ0v) is 27.7. The Kier molecular flexibility index (Phi) is 12.0. The average Bonchev–Trinajstić information content (AvgIpc) is 3.08. The Balaban J connectivity index is 1.80. The number of amides is 2. The van der Waals surface area contributed by atoms with Crippen molar-refractivity contribution in [3.8, 4) is 5.75 Å². The molecule has 0 spiro atoms. The van der Waals surface area contributed by atoms with E-state index < -0.39 is 28.5 Å². The van der Waals surface area contributed by atoms with Crippen molar-refractivity contribution in [3.05, 3.63) is 126 Å². The van der Waals surface area contributed by atoms with Gasteiger partial charge in [-0.15, -0.1) is 0 Å². The normalized spacial score (nSPS) is 11.9. The first-order valence-electron chi connectivity index (χ1n) is 15.5. The molecule has 0 aliphatic carbocycles. The van der Waals surface area contributed by atoms with Gasteiger partial charge in [0.1, 0.15) is 18.3 Å². The van der Waals surface area contributed by atoms with Crippen LogP contribution in [-0.2, 0) is 39.0 Å². The quantitative estimate of drug-likeness (QED) is 0.175. The van der Waals surface area contributed by atoms with Crippen LogP contribution in [0.5, 0.6) is 5.75 Å².